The van der Waals surface area contributed by atoms with Crippen molar-refractivity contribution < 1.29 is 9.47 Å². The Morgan fingerprint density at radius 2 is 1.88 bits per heavy atom. The first kappa shape index (κ1) is 22.0. The molecule has 0 unspecified atom stereocenters. The van der Waals surface area contributed by atoms with E-state index < -0.39 is 0 Å². The number of ether oxygens (including phenoxy) is 2. The smallest absolute Gasteiger partial charge is 0.195 e. The minimum absolute atomic E-state index is 0. The van der Waals surface area contributed by atoms with Crippen LogP contribution in [0.5, 0.6) is 11.5 Å². The number of hydrogen-bond acceptors (Lipinski definition) is 4. The number of aryl methyl sites for hydroxylation is 1. The first-order valence-electron chi connectivity index (χ1n) is 8.35. The molecule has 1 heterocycles. The largest absolute Gasteiger partial charge is 0.493 e. The van der Waals surface area contributed by atoms with Gasteiger partial charge in [-0.25, -0.2) is 0 Å². The number of halogens is 1. The topological polar surface area (TPSA) is 67.8 Å². The van der Waals surface area contributed by atoms with Crippen LogP contribution >= 0.6 is 24.0 Å². The Kier molecular flexibility index (Phi) is 9.79. The third-order valence-corrected chi connectivity index (χ3v) is 3.63. The molecule has 1 aromatic carbocycles. The number of rotatable bonds is 7. The van der Waals surface area contributed by atoms with Crippen molar-refractivity contribution in [3.63, 3.8) is 0 Å². The summed E-state index contributed by atoms with van der Waals surface area (Å²) in [4.78, 5) is 8.93. The Morgan fingerprint density at radius 3 is 2.50 bits per heavy atom. The average molecular weight is 470 g/mol. The molecule has 2 rings (SSSR count). The van der Waals surface area contributed by atoms with E-state index >= 15 is 0 Å². The summed E-state index contributed by atoms with van der Waals surface area (Å²) in [5.74, 6) is 2.10. The Bertz CT molecular complexity index is 705. The van der Waals surface area contributed by atoms with Crippen molar-refractivity contribution in [2.75, 3.05) is 32.6 Å². The second-order valence-corrected chi connectivity index (χ2v) is 5.51. The zero-order chi connectivity index (χ0) is 18.1. The zero-order valence-electron chi connectivity index (χ0n) is 15.7. The fourth-order valence-electron chi connectivity index (χ4n) is 2.30. The molecule has 142 valence electrons. The molecule has 0 spiro atoms. The minimum atomic E-state index is 0. The number of methoxy groups -OCH3 is 2. The molecular formula is C19H27IN4O2. The molecule has 0 saturated heterocycles. The molecule has 0 radical (unpaired) electrons. The lowest BCUT2D eigenvalue weighted by Gasteiger charge is -2.13. The molecule has 0 aliphatic carbocycles. The van der Waals surface area contributed by atoms with Gasteiger partial charge in [-0.1, -0.05) is 6.07 Å². The van der Waals surface area contributed by atoms with Gasteiger partial charge in [-0.2, -0.15) is 0 Å². The van der Waals surface area contributed by atoms with Crippen LogP contribution in [0.2, 0.25) is 0 Å². The molecule has 0 fully saturated rings. The predicted octanol–water partition coefficient (Wildman–Crippen LogP) is 3.65. The number of nitrogens with zero attached hydrogens (tertiary/aromatic N) is 2. The van der Waals surface area contributed by atoms with Crippen molar-refractivity contribution in [2.45, 2.75) is 20.3 Å². The summed E-state index contributed by atoms with van der Waals surface area (Å²) in [7, 11) is 3.24. The fraction of sp³-hybridized carbons (Fsp3) is 0.368. The van der Waals surface area contributed by atoms with E-state index in [0.29, 0.717) is 18.0 Å². The molecule has 1 aromatic heterocycles. The number of benzene rings is 1. The molecule has 0 aliphatic rings. The molecule has 7 heteroatoms. The van der Waals surface area contributed by atoms with Gasteiger partial charge in [0.1, 0.15) is 0 Å². The maximum atomic E-state index is 5.33. The molecule has 0 amide bonds. The van der Waals surface area contributed by atoms with Crippen LogP contribution in [0, 0.1) is 6.92 Å². The number of pyridine rings is 1. The molecule has 0 aliphatic heterocycles. The van der Waals surface area contributed by atoms with Crippen molar-refractivity contribution in [2.24, 2.45) is 4.99 Å². The third-order valence-electron chi connectivity index (χ3n) is 3.63. The highest BCUT2D eigenvalue weighted by molar-refractivity contribution is 14.0. The second-order valence-electron chi connectivity index (χ2n) is 5.51. The minimum Gasteiger partial charge on any atom is -0.493 e. The Morgan fingerprint density at radius 1 is 1.12 bits per heavy atom. The molecule has 0 atom stereocenters. The number of guanidine groups is 1. The highest BCUT2D eigenvalue weighted by atomic mass is 127. The lowest BCUT2D eigenvalue weighted by Crippen LogP contribution is -2.30. The highest BCUT2D eigenvalue weighted by Crippen LogP contribution is 2.29. The second kappa shape index (κ2) is 11.6. The number of anilines is 1. The quantitative estimate of drug-likeness (QED) is 0.368. The Labute approximate surface area is 172 Å². The van der Waals surface area contributed by atoms with E-state index in [2.05, 4.69) is 26.7 Å². The first-order valence-corrected chi connectivity index (χ1v) is 8.35. The van der Waals surface area contributed by atoms with Crippen molar-refractivity contribution in [3.8, 4) is 11.5 Å². The number of nitrogens with one attached hydrogen (secondary N) is 2. The SMILES string of the molecule is CCNC(=NCCc1ccc(C)nc1)Nc1ccc(OC)c(OC)c1.I. The number of aromatic nitrogens is 1. The summed E-state index contributed by atoms with van der Waals surface area (Å²) < 4.78 is 10.6. The molecule has 0 bridgehead atoms. The van der Waals surface area contributed by atoms with Gasteiger partial charge in [0, 0.05) is 36.7 Å². The monoisotopic (exact) mass is 470 g/mol. The highest BCUT2D eigenvalue weighted by Gasteiger charge is 2.06. The molecule has 2 N–H and O–H groups in total. The number of hydrogen-bond donors (Lipinski definition) is 2. The van der Waals surface area contributed by atoms with Gasteiger partial charge in [-0.05, 0) is 44.0 Å². The van der Waals surface area contributed by atoms with Gasteiger partial charge in [0.2, 0.25) is 0 Å². The fourth-order valence-corrected chi connectivity index (χ4v) is 2.30. The van der Waals surface area contributed by atoms with Crippen molar-refractivity contribution in [3.05, 3.63) is 47.8 Å². The van der Waals surface area contributed by atoms with Crippen LogP contribution in [0.4, 0.5) is 5.69 Å². The number of aliphatic imine (C=N–C) groups is 1. The van der Waals surface area contributed by atoms with E-state index in [0.717, 1.165) is 30.3 Å². The molecule has 0 saturated carbocycles. The Balaban J connectivity index is 0.00000338. The van der Waals surface area contributed by atoms with Gasteiger partial charge in [0.25, 0.3) is 0 Å². The van der Waals surface area contributed by atoms with E-state index in [-0.39, 0.29) is 24.0 Å². The van der Waals surface area contributed by atoms with Crippen molar-refractivity contribution in [1.29, 1.82) is 0 Å². The van der Waals surface area contributed by atoms with E-state index in [1.165, 1.54) is 5.56 Å². The third kappa shape index (κ3) is 6.70. The molecule has 6 nitrogen and oxygen atoms in total. The standard InChI is InChI=1S/C19H26N4O2.HI/c1-5-20-19(21-11-10-15-7-6-14(2)22-13-15)23-16-8-9-17(24-3)18(12-16)25-4;/h6-9,12-13H,5,10-11H2,1-4H3,(H2,20,21,23);1H. The van der Waals surface area contributed by atoms with Gasteiger partial charge >= 0.3 is 0 Å². The summed E-state index contributed by atoms with van der Waals surface area (Å²) in [6.07, 6.45) is 2.75. The lowest BCUT2D eigenvalue weighted by molar-refractivity contribution is 0.355. The maximum absolute atomic E-state index is 5.33. The van der Waals surface area contributed by atoms with E-state index in [1.54, 1.807) is 14.2 Å². The zero-order valence-corrected chi connectivity index (χ0v) is 18.0. The first-order chi connectivity index (χ1) is 12.2. The van der Waals surface area contributed by atoms with Crippen LogP contribution in [0.3, 0.4) is 0 Å². The summed E-state index contributed by atoms with van der Waals surface area (Å²) in [6, 6.07) is 9.79. The van der Waals surface area contributed by atoms with Gasteiger partial charge in [-0.3, -0.25) is 9.98 Å². The molecule has 2 aromatic rings. The predicted molar refractivity (Wildman–Crippen MR) is 117 cm³/mol. The maximum Gasteiger partial charge on any atom is 0.195 e. The van der Waals surface area contributed by atoms with Crippen LogP contribution in [0.15, 0.2) is 41.5 Å². The van der Waals surface area contributed by atoms with Crippen molar-refractivity contribution >= 4 is 35.6 Å². The van der Waals surface area contributed by atoms with Crippen LogP contribution in [0.1, 0.15) is 18.2 Å². The summed E-state index contributed by atoms with van der Waals surface area (Å²) in [5, 5.41) is 6.53. The van der Waals surface area contributed by atoms with Crippen LogP contribution < -0.4 is 20.1 Å². The summed E-state index contributed by atoms with van der Waals surface area (Å²) >= 11 is 0. The Hall–Kier alpha value is -2.03. The van der Waals surface area contributed by atoms with Crippen molar-refractivity contribution in [1.82, 2.24) is 10.3 Å². The van der Waals surface area contributed by atoms with E-state index in [1.807, 2.05) is 44.3 Å². The van der Waals surface area contributed by atoms with Crippen LogP contribution in [0.25, 0.3) is 0 Å². The molecular weight excluding hydrogens is 443 g/mol. The van der Waals surface area contributed by atoms with Gasteiger partial charge in [-0.15, -0.1) is 24.0 Å². The summed E-state index contributed by atoms with van der Waals surface area (Å²) in [6.45, 7) is 5.48. The summed E-state index contributed by atoms with van der Waals surface area (Å²) in [5.41, 5.74) is 3.08. The average Bonchev–Trinajstić information content (AvgIpc) is 2.63. The van der Waals surface area contributed by atoms with Crippen LogP contribution in [-0.4, -0.2) is 38.3 Å². The van der Waals surface area contributed by atoms with Crippen LogP contribution in [-0.2, 0) is 6.42 Å². The van der Waals surface area contributed by atoms with E-state index in [4.69, 9.17) is 9.47 Å². The molecule has 26 heavy (non-hydrogen) atoms. The van der Waals surface area contributed by atoms with Gasteiger partial charge in [0.15, 0.2) is 17.5 Å². The normalized spacial score (nSPS) is 10.7. The van der Waals surface area contributed by atoms with Gasteiger partial charge < -0.3 is 20.1 Å². The lowest BCUT2D eigenvalue weighted by atomic mass is 10.2. The van der Waals surface area contributed by atoms with Gasteiger partial charge in [0.05, 0.1) is 14.2 Å². The van der Waals surface area contributed by atoms with E-state index in [9.17, 15) is 0 Å².